The average molecular weight is 388 g/mol. The molecule has 3 heterocycles. The van der Waals surface area contributed by atoms with Gasteiger partial charge in [-0.05, 0) is 37.8 Å². The number of ether oxygens (including phenoxy) is 1. The van der Waals surface area contributed by atoms with Crippen LogP contribution >= 0.6 is 11.8 Å². The van der Waals surface area contributed by atoms with Crippen LogP contribution in [-0.2, 0) is 4.74 Å². The van der Waals surface area contributed by atoms with E-state index in [2.05, 4.69) is 21.3 Å². The fraction of sp³-hybridized carbons (Fsp3) is 0.471. The zero-order valence-electron chi connectivity index (χ0n) is 15.4. The smallest absolute Gasteiger partial charge is 0.324 e. The second-order valence-corrected chi connectivity index (χ2v) is 7.02. The minimum atomic E-state index is -0.383. The van der Waals surface area contributed by atoms with Gasteiger partial charge in [-0.1, -0.05) is 11.8 Å². The molecule has 2 aromatic rings. The van der Waals surface area contributed by atoms with Crippen LogP contribution in [-0.4, -0.2) is 48.2 Å². The van der Waals surface area contributed by atoms with Gasteiger partial charge >= 0.3 is 5.88 Å². The third kappa shape index (κ3) is 4.37. The van der Waals surface area contributed by atoms with Crippen molar-refractivity contribution < 1.29 is 19.2 Å². The fourth-order valence-corrected chi connectivity index (χ4v) is 3.47. The van der Waals surface area contributed by atoms with Gasteiger partial charge in [0, 0.05) is 11.4 Å². The Kier molecular flexibility index (Phi) is 5.93. The first-order valence-electron chi connectivity index (χ1n) is 8.46. The molecule has 1 saturated heterocycles. The highest BCUT2D eigenvalue weighted by atomic mass is 32.2. The lowest BCUT2D eigenvalue weighted by Crippen LogP contribution is -2.62. The standard InChI is InChI=1S/C17H20N6O3S/c1-11-12(2)14(8-18)17(19-13(11)3)27-10-15(24)20-16-9-23(21-26-16)22-4-6-25-7-5-22/h9H,4-7,10H2,1-3H3. The predicted molar refractivity (Wildman–Crippen MR) is 96.5 cm³/mol. The number of rotatable bonds is 5. The van der Waals surface area contributed by atoms with Gasteiger partial charge in [-0.25, -0.2) is 9.98 Å². The number of morpholine rings is 1. The molecule has 0 aromatic carbocycles. The molecule has 3 rings (SSSR count). The van der Waals surface area contributed by atoms with Gasteiger partial charge in [0.2, 0.25) is 5.27 Å². The largest absolute Gasteiger partial charge is 0.861 e. The zero-order chi connectivity index (χ0) is 19.4. The van der Waals surface area contributed by atoms with Crippen LogP contribution in [0.4, 0.5) is 5.88 Å². The molecule has 1 aliphatic rings. The maximum atomic E-state index is 12.2. The van der Waals surface area contributed by atoms with E-state index in [0.29, 0.717) is 36.9 Å². The lowest BCUT2D eigenvalue weighted by atomic mass is 10.1. The zero-order valence-corrected chi connectivity index (χ0v) is 16.2. The molecule has 27 heavy (non-hydrogen) atoms. The number of aliphatic imine (C=N–C) groups is 1. The summed E-state index contributed by atoms with van der Waals surface area (Å²) in [6.45, 7) is 8.32. The Morgan fingerprint density at radius 1 is 1.37 bits per heavy atom. The molecule has 1 fully saturated rings. The van der Waals surface area contributed by atoms with E-state index in [9.17, 15) is 10.4 Å². The van der Waals surface area contributed by atoms with E-state index in [4.69, 9.17) is 9.26 Å². The van der Waals surface area contributed by atoms with Gasteiger partial charge in [0.15, 0.2) is 0 Å². The van der Waals surface area contributed by atoms with E-state index in [1.807, 2.05) is 25.8 Å². The molecule has 10 heteroatoms. The number of nitriles is 1. The normalized spacial score (nSPS) is 15.0. The Morgan fingerprint density at radius 2 is 2.11 bits per heavy atom. The highest BCUT2D eigenvalue weighted by molar-refractivity contribution is 7.99. The molecule has 142 valence electrons. The highest BCUT2D eigenvalue weighted by Crippen LogP contribution is 2.26. The number of nitrogens with zero attached hydrogens (tertiary/aromatic N) is 6. The van der Waals surface area contributed by atoms with Gasteiger partial charge in [-0.2, -0.15) is 5.26 Å². The first-order chi connectivity index (χ1) is 13.0. The molecule has 0 atom stereocenters. The Hall–Kier alpha value is -2.64. The first-order valence-corrected chi connectivity index (χ1v) is 9.45. The topological polar surface area (TPSA) is 114 Å². The Morgan fingerprint density at radius 3 is 2.81 bits per heavy atom. The molecule has 0 saturated carbocycles. The molecule has 0 aliphatic carbocycles. The fourth-order valence-electron chi connectivity index (χ4n) is 2.60. The number of thioether (sulfide) groups is 1. The van der Waals surface area contributed by atoms with Crippen LogP contribution in [0.2, 0.25) is 0 Å². The number of hydrogen-bond donors (Lipinski definition) is 0. The van der Waals surface area contributed by atoms with Gasteiger partial charge in [0.1, 0.15) is 11.1 Å². The number of hydrogen-bond acceptors (Lipinski definition) is 9. The number of aryl methyl sites for hydroxylation is 1. The van der Waals surface area contributed by atoms with Crippen molar-refractivity contribution in [1.29, 1.82) is 5.26 Å². The maximum Gasteiger partial charge on any atom is 0.324 e. The van der Waals surface area contributed by atoms with Crippen LogP contribution in [0.15, 0.2) is 20.7 Å². The van der Waals surface area contributed by atoms with E-state index in [1.54, 1.807) is 6.20 Å². The van der Waals surface area contributed by atoms with Gasteiger partial charge in [0.25, 0.3) is 6.20 Å². The van der Waals surface area contributed by atoms with E-state index in [1.165, 1.54) is 16.6 Å². The summed E-state index contributed by atoms with van der Waals surface area (Å²) in [5, 5.41) is 27.9. The second kappa shape index (κ2) is 8.37. The number of pyridine rings is 1. The van der Waals surface area contributed by atoms with Crippen molar-refractivity contribution in [2.45, 2.75) is 25.8 Å². The second-order valence-electron chi connectivity index (χ2n) is 6.06. The summed E-state index contributed by atoms with van der Waals surface area (Å²) >= 11 is 1.20. The highest BCUT2D eigenvalue weighted by Gasteiger charge is 2.22. The molecule has 1 aliphatic heterocycles. The van der Waals surface area contributed by atoms with Gasteiger partial charge in [-0.15, -0.1) is 5.01 Å². The SMILES string of the molecule is Cc1nc(SC/C([O-])=N/c2c[n+](N3CCOCC3)no2)c(C#N)c(C)c1C. The maximum absolute atomic E-state index is 12.2. The summed E-state index contributed by atoms with van der Waals surface area (Å²) in [7, 11) is 0. The molecule has 0 spiro atoms. The van der Waals surface area contributed by atoms with Crippen molar-refractivity contribution in [3.05, 3.63) is 28.6 Å². The Bertz CT molecular complexity index is 899. The molecular weight excluding hydrogens is 368 g/mol. The summed E-state index contributed by atoms with van der Waals surface area (Å²) in [5.41, 5.74) is 3.22. The summed E-state index contributed by atoms with van der Waals surface area (Å²) in [5.74, 6) is -0.189. The van der Waals surface area contributed by atoms with Crippen molar-refractivity contribution in [2.75, 3.05) is 37.1 Å². The van der Waals surface area contributed by atoms with Crippen LogP contribution in [0.5, 0.6) is 0 Å². The third-order valence-corrected chi connectivity index (χ3v) is 5.32. The molecule has 0 bridgehead atoms. The van der Waals surface area contributed by atoms with Crippen LogP contribution in [0.3, 0.4) is 0 Å². The summed E-state index contributed by atoms with van der Waals surface area (Å²) in [4.78, 5) is 9.90. The van der Waals surface area contributed by atoms with E-state index in [0.717, 1.165) is 16.8 Å². The Labute approximate surface area is 161 Å². The number of aromatic nitrogens is 3. The monoisotopic (exact) mass is 388 g/mol. The van der Waals surface area contributed by atoms with Crippen molar-refractivity contribution in [1.82, 2.24) is 10.3 Å². The minimum absolute atomic E-state index is 0.0574. The molecule has 9 nitrogen and oxygen atoms in total. The van der Waals surface area contributed by atoms with Crippen LogP contribution in [0, 0.1) is 32.1 Å². The van der Waals surface area contributed by atoms with Gasteiger partial charge < -0.3 is 9.84 Å². The molecule has 0 amide bonds. The van der Waals surface area contributed by atoms with Gasteiger partial charge in [0.05, 0.1) is 36.7 Å². The third-order valence-electron chi connectivity index (χ3n) is 4.36. The Balaban J connectivity index is 1.69. The van der Waals surface area contributed by atoms with E-state index < -0.39 is 0 Å². The van der Waals surface area contributed by atoms with Gasteiger partial charge in [-0.3, -0.25) is 4.52 Å². The van der Waals surface area contributed by atoms with Crippen LogP contribution in [0.25, 0.3) is 0 Å². The van der Waals surface area contributed by atoms with Crippen molar-refractivity contribution in [3.63, 3.8) is 0 Å². The quantitative estimate of drug-likeness (QED) is 0.311. The van der Waals surface area contributed by atoms with Crippen molar-refractivity contribution >= 4 is 23.5 Å². The lowest BCUT2D eigenvalue weighted by Gasteiger charge is -2.18. The van der Waals surface area contributed by atoms with Crippen molar-refractivity contribution in [3.8, 4) is 6.07 Å². The van der Waals surface area contributed by atoms with E-state index >= 15 is 0 Å². The summed E-state index contributed by atoms with van der Waals surface area (Å²) in [6, 6.07) is 2.17. The molecular formula is C17H20N6O3S. The van der Waals surface area contributed by atoms with Crippen LogP contribution < -0.4 is 14.9 Å². The first kappa shape index (κ1) is 19.1. The van der Waals surface area contributed by atoms with Crippen molar-refractivity contribution in [2.24, 2.45) is 4.99 Å². The lowest BCUT2D eigenvalue weighted by molar-refractivity contribution is -0.759. The van der Waals surface area contributed by atoms with E-state index in [-0.39, 0.29) is 17.5 Å². The minimum Gasteiger partial charge on any atom is -0.861 e. The molecule has 0 unspecified atom stereocenters. The average Bonchev–Trinajstić information content (AvgIpc) is 3.13. The van der Waals surface area contributed by atoms with Crippen LogP contribution in [0.1, 0.15) is 22.4 Å². The molecule has 0 N–H and O–H groups in total. The molecule has 0 radical (unpaired) electrons. The molecule has 2 aromatic heterocycles. The summed E-state index contributed by atoms with van der Waals surface area (Å²) in [6.07, 6.45) is 1.56. The summed E-state index contributed by atoms with van der Waals surface area (Å²) < 4.78 is 10.4. The predicted octanol–water partition coefficient (Wildman–Crippen LogP) is 0.305.